The summed E-state index contributed by atoms with van der Waals surface area (Å²) in [6.07, 6.45) is 0.929. The lowest BCUT2D eigenvalue weighted by atomic mass is 9.68. The first kappa shape index (κ1) is 12.8. The number of nitrogens with one attached hydrogen (secondary N) is 1. The Hall–Kier alpha value is -1.87. The first-order valence-electron chi connectivity index (χ1n) is 7.46. The number of benzene rings is 2. The number of halogens is 1. The van der Waals surface area contributed by atoms with Crippen molar-refractivity contribution in [2.24, 2.45) is 0 Å². The first-order chi connectivity index (χ1) is 10.3. The van der Waals surface area contributed by atoms with Crippen molar-refractivity contribution in [3.8, 4) is 5.75 Å². The third-order valence-corrected chi connectivity index (χ3v) is 4.81. The molecule has 0 amide bonds. The molecule has 2 aromatic carbocycles. The minimum Gasteiger partial charge on any atom is -0.493 e. The van der Waals surface area contributed by atoms with Crippen molar-refractivity contribution in [3.63, 3.8) is 0 Å². The summed E-state index contributed by atoms with van der Waals surface area (Å²) in [6, 6.07) is 15.4. The van der Waals surface area contributed by atoms with Crippen LogP contribution in [0, 0.1) is 5.82 Å². The summed E-state index contributed by atoms with van der Waals surface area (Å²) in [5, 5.41) is 3.32. The van der Waals surface area contributed by atoms with Crippen molar-refractivity contribution in [2.45, 2.75) is 17.8 Å². The molecule has 108 valence electrons. The van der Waals surface area contributed by atoms with Crippen molar-refractivity contribution in [1.82, 2.24) is 5.32 Å². The molecule has 1 fully saturated rings. The van der Waals surface area contributed by atoms with Crippen LogP contribution in [0.1, 0.15) is 23.5 Å². The highest BCUT2D eigenvalue weighted by Crippen LogP contribution is 2.44. The fourth-order valence-electron chi connectivity index (χ4n) is 3.63. The minimum atomic E-state index is -0.100. The van der Waals surface area contributed by atoms with Crippen molar-refractivity contribution < 1.29 is 9.13 Å². The van der Waals surface area contributed by atoms with E-state index in [1.165, 1.54) is 5.56 Å². The lowest BCUT2D eigenvalue weighted by Gasteiger charge is -2.44. The van der Waals surface area contributed by atoms with E-state index >= 15 is 0 Å². The second kappa shape index (κ2) is 4.85. The van der Waals surface area contributed by atoms with Crippen LogP contribution in [-0.2, 0) is 5.41 Å². The molecule has 0 radical (unpaired) electrons. The van der Waals surface area contributed by atoms with Crippen LogP contribution in [0.2, 0.25) is 0 Å². The molecular weight excluding hydrogens is 265 g/mol. The van der Waals surface area contributed by atoms with E-state index in [0.717, 1.165) is 30.8 Å². The summed E-state index contributed by atoms with van der Waals surface area (Å²) in [6.45, 7) is 2.38. The maximum Gasteiger partial charge on any atom is 0.127 e. The van der Waals surface area contributed by atoms with Gasteiger partial charge in [0.2, 0.25) is 0 Å². The fraction of sp³-hybridized carbons (Fsp3) is 0.333. The van der Waals surface area contributed by atoms with E-state index in [1.54, 1.807) is 12.1 Å². The van der Waals surface area contributed by atoms with Crippen molar-refractivity contribution in [2.75, 3.05) is 19.7 Å². The number of fused-ring (bicyclic) bond motifs is 1. The summed E-state index contributed by atoms with van der Waals surface area (Å²) in [7, 11) is 0. The average Bonchev–Trinajstić information content (AvgIpc) is 2.87. The highest BCUT2D eigenvalue weighted by atomic mass is 19.1. The SMILES string of the molecule is Fc1ccccc1C1(CC2COc3ccccc32)CNC1. The van der Waals surface area contributed by atoms with Gasteiger partial charge in [-0.2, -0.15) is 0 Å². The Morgan fingerprint density at radius 3 is 2.62 bits per heavy atom. The maximum absolute atomic E-state index is 14.2. The van der Waals surface area contributed by atoms with E-state index < -0.39 is 0 Å². The second-order valence-corrected chi connectivity index (χ2v) is 6.11. The standard InChI is InChI=1S/C18H18FNO/c19-16-7-3-2-6-15(16)18(11-20-12-18)9-13-10-21-17-8-4-1-5-14(13)17/h1-8,13,20H,9-12H2. The molecule has 1 saturated heterocycles. The Morgan fingerprint density at radius 1 is 1.10 bits per heavy atom. The predicted octanol–water partition coefficient (Wildman–Crippen LogP) is 3.23. The lowest BCUT2D eigenvalue weighted by Crippen LogP contribution is -2.57. The van der Waals surface area contributed by atoms with Crippen molar-refractivity contribution in [1.29, 1.82) is 0 Å². The van der Waals surface area contributed by atoms with E-state index in [-0.39, 0.29) is 11.2 Å². The van der Waals surface area contributed by atoms with Gasteiger partial charge in [-0.25, -0.2) is 4.39 Å². The number of para-hydroxylation sites is 1. The minimum absolute atomic E-state index is 0.0915. The fourth-order valence-corrected chi connectivity index (χ4v) is 3.63. The van der Waals surface area contributed by atoms with Gasteiger partial charge in [0.05, 0.1) is 6.61 Å². The van der Waals surface area contributed by atoms with Crippen LogP contribution < -0.4 is 10.1 Å². The van der Waals surface area contributed by atoms with Crippen LogP contribution in [0.25, 0.3) is 0 Å². The zero-order valence-corrected chi connectivity index (χ0v) is 11.8. The monoisotopic (exact) mass is 283 g/mol. The number of hydrogen-bond donors (Lipinski definition) is 1. The molecule has 3 heteroatoms. The Kier molecular flexibility index (Phi) is 2.96. The van der Waals surface area contributed by atoms with Gasteiger partial charge in [0.25, 0.3) is 0 Å². The molecule has 0 saturated carbocycles. The van der Waals surface area contributed by atoms with E-state index in [9.17, 15) is 4.39 Å². The second-order valence-electron chi connectivity index (χ2n) is 6.11. The van der Waals surface area contributed by atoms with Gasteiger partial charge in [0.15, 0.2) is 0 Å². The summed E-state index contributed by atoms with van der Waals surface area (Å²) in [5.74, 6) is 1.24. The predicted molar refractivity (Wildman–Crippen MR) is 80.2 cm³/mol. The van der Waals surface area contributed by atoms with Gasteiger partial charge in [-0.15, -0.1) is 0 Å². The summed E-state index contributed by atoms with van der Waals surface area (Å²) < 4.78 is 20.0. The van der Waals surface area contributed by atoms with Gasteiger partial charge in [-0.05, 0) is 24.1 Å². The highest BCUT2D eigenvalue weighted by molar-refractivity contribution is 5.41. The van der Waals surface area contributed by atoms with Gasteiger partial charge in [-0.3, -0.25) is 0 Å². The third kappa shape index (κ3) is 2.04. The van der Waals surface area contributed by atoms with Crippen LogP contribution in [0.15, 0.2) is 48.5 Å². The molecular formula is C18H18FNO. The van der Waals surface area contributed by atoms with Crippen LogP contribution in [0.3, 0.4) is 0 Å². The first-order valence-corrected chi connectivity index (χ1v) is 7.46. The molecule has 21 heavy (non-hydrogen) atoms. The Morgan fingerprint density at radius 2 is 1.86 bits per heavy atom. The number of hydrogen-bond acceptors (Lipinski definition) is 2. The molecule has 1 unspecified atom stereocenters. The lowest BCUT2D eigenvalue weighted by molar-refractivity contribution is 0.215. The van der Waals surface area contributed by atoms with Crippen molar-refractivity contribution >= 4 is 0 Å². The summed E-state index contributed by atoms with van der Waals surface area (Å²) in [5.41, 5.74) is 2.00. The van der Waals surface area contributed by atoms with Crippen LogP contribution in [0.5, 0.6) is 5.75 Å². The molecule has 2 aromatic rings. The molecule has 0 aromatic heterocycles. The maximum atomic E-state index is 14.2. The Labute approximate surface area is 123 Å². The normalized spacial score (nSPS) is 22.2. The zero-order chi connectivity index (χ0) is 14.3. The van der Waals surface area contributed by atoms with E-state index in [2.05, 4.69) is 17.4 Å². The quantitative estimate of drug-likeness (QED) is 0.933. The Balaban J connectivity index is 1.65. The van der Waals surface area contributed by atoms with E-state index in [4.69, 9.17) is 4.74 Å². The smallest absolute Gasteiger partial charge is 0.127 e. The summed E-state index contributed by atoms with van der Waals surface area (Å²) >= 11 is 0. The van der Waals surface area contributed by atoms with Gasteiger partial charge in [0.1, 0.15) is 11.6 Å². The molecule has 4 rings (SSSR count). The average molecular weight is 283 g/mol. The summed E-state index contributed by atoms with van der Waals surface area (Å²) in [4.78, 5) is 0. The molecule has 0 aliphatic carbocycles. The topological polar surface area (TPSA) is 21.3 Å². The molecule has 1 N–H and O–H groups in total. The molecule has 0 bridgehead atoms. The van der Waals surface area contributed by atoms with Gasteiger partial charge in [0, 0.05) is 30.0 Å². The number of rotatable bonds is 3. The molecule has 1 atom stereocenters. The molecule has 2 aliphatic heterocycles. The van der Waals surface area contributed by atoms with E-state index in [1.807, 2.05) is 24.3 Å². The molecule has 2 nitrogen and oxygen atoms in total. The highest BCUT2D eigenvalue weighted by Gasteiger charge is 2.43. The van der Waals surface area contributed by atoms with Crippen molar-refractivity contribution in [3.05, 3.63) is 65.5 Å². The third-order valence-electron chi connectivity index (χ3n) is 4.81. The molecule has 0 spiro atoms. The van der Waals surface area contributed by atoms with Crippen LogP contribution in [0.4, 0.5) is 4.39 Å². The Bertz CT molecular complexity index is 666. The van der Waals surface area contributed by atoms with Crippen LogP contribution in [-0.4, -0.2) is 19.7 Å². The largest absolute Gasteiger partial charge is 0.493 e. The molecule has 2 heterocycles. The van der Waals surface area contributed by atoms with Gasteiger partial charge < -0.3 is 10.1 Å². The van der Waals surface area contributed by atoms with E-state index in [0.29, 0.717) is 12.5 Å². The van der Waals surface area contributed by atoms with Gasteiger partial charge >= 0.3 is 0 Å². The zero-order valence-electron chi connectivity index (χ0n) is 11.8. The molecule has 2 aliphatic rings. The van der Waals surface area contributed by atoms with Gasteiger partial charge in [-0.1, -0.05) is 36.4 Å². The number of ether oxygens (including phenoxy) is 1. The van der Waals surface area contributed by atoms with Crippen LogP contribution >= 0.6 is 0 Å².